The summed E-state index contributed by atoms with van der Waals surface area (Å²) in [7, 11) is 0. The number of ether oxygens (including phenoxy) is 1. The van der Waals surface area contributed by atoms with Gasteiger partial charge >= 0.3 is 0 Å². The average molecular weight is 319 g/mol. The Morgan fingerprint density at radius 2 is 1.87 bits per heavy atom. The minimum atomic E-state index is -0.933. The predicted molar refractivity (Wildman–Crippen MR) is 86.5 cm³/mol. The highest BCUT2D eigenvalue weighted by Crippen LogP contribution is 2.14. The summed E-state index contributed by atoms with van der Waals surface area (Å²) < 4.78 is 31.0. The summed E-state index contributed by atoms with van der Waals surface area (Å²) in [5, 5.41) is 2.90. The van der Waals surface area contributed by atoms with E-state index in [1.165, 1.54) is 11.6 Å². The molecular formula is C17H19F2N3O. The Balaban J connectivity index is 1.65. The fourth-order valence-corrected chi connectivity index (χ4v) is 1.92. The van der Waals surface area contributed by atoms with E-state index >= 15 is 0 Å². The molecule has 3 N–H and O–H groups in total. The quantitative estimate of drug-likeness (QED) is 0.468. The lowest BCUT2D eigenvalue weighted by atomic mass is 10.2. The summed E-state index contributed by atoms with van der Waals surface area (Å²) in [4.78, 5) is 4.21. The van der Waals surface area contributed by atoms with E-state index in [1.807, 2.05) is 30.3 Å². The third kappa shape index (κ3) is 5.94. The maximum atomic E-state index is 13.0. The van der Waals surface area contributed by atoms with Gasteiger partial charge in [-0.2, -0.15) is 0 Å². The maximum Gasteiger partial charge on any atom is 0.188 e. The highest BCUT2D eigenvalue weighted by Gasteiger charge is 2.02. The van der Waals surface area contributed by atoms with Crippen molar-refractivity contribution < 1.29 is 13.5 Å². The van der Waals surface area contributed by atoms with E-state index in [2.05, 4.69) is 10.3 Å². The molecular weight excluding hydrogens is 300 g/mol. The molecule has 122 valence electrons. The molecule has 0 bridgehead atoms. The Kier molecular flexibility index (Phi) is 6.35. The van der Waals surface area contributed by atoms with Crippen LogP contribution in [0.3, 0.4) is 0 Å². The van der Waals surface area contributed by atoms with Crippen molar-refractivity contribution in [1.29, 1.82) is 0 Å². The Morgan fingerprint density at radius 1 is 1.09 bits per heavy atom. The number of nitrogens with zero attached hydrogens (tertiary/aromatic N) is 1. The number of benzene rings is 2. The van der Waals surface area contributed by atoms with Crippen LogP contribution in [-0.4, -0.2) is 25.7 Å². The van der Waals surface area contributed by atoms with E-state index in [0.717, 1.165) is 18.6 Å². The van der Waals surface area contributed by atoms with Gasteiger partial charge in [-0.05, 0) is 24.1 Å². The number of nitrogens with two attached hydrogens (primary N) is 1. The molecule has 0 aliphatic rings. The number of hydrogen-bond acceptors (Lipinski definition) is 2. The minimum Gasteiger partial charge on any atom is -0.492 e. The summed E-state index contributed by atoms with van der Waals surface area (Å²) in [6.45, 7) is 1.27. The van der Waals surface area contributed by atoms with Crippen LogP contribution in [0.1, 0.15) is 5.56 Å². The Morgan fingerprint density at radius 3 is 2.61 bits per heavy atom. The summed E-state index contributed by atoms with van der Waals surface area (Å²) in [5.41, 5.74) is 6.93. The number of nitrogens with one attached hydrogen (secondary N) is 1. The van der Waals surface area contributed by atoms with Crippen LogP contribution in [0.5, 0.6) is 5.75 Å². The van der Waals surface area contributed by atoms with E-state index < -0.39 is 11.6 Å². The first-order valence-corrected chi connectivity index (χ1v) is 7.31. The molecule has 0 saturated carbocycles. The molecule has 6 heteroatoms. The first-order valence-electron chi connectivity index (χ1n) is 7.31. The van der Waals surface area contributed by atoms with Crippen molar-refractivity contribution in [1.82, 2.24) is 5.32 Å². The average Bonchev–Trinajstić information content (AvgIpc) is 2.56. The molecule has 2 aromatic carbocycles. The molecule has 0 spiro atoms. The third-order valence-corrected chi connectivity index (χ3v) is 3.09. The van der Waals surface area contributed by atoms with Gasteiger partial charge in [0.05, 0.1) is 6.54 Å². The van der Waals surface area contributed by atoms with Crippen LogP contribution >= 0.6 is 0 Å². The molecule has 0 heterocycles. The number of aliphatic imine (C=N–C) groups is 1. The van der Waals surface area contributed by atoms with E-state index in [4.69, 9.17) is 10.5 Å². The standard InChI is InChI=1S/C17H19F2N3O/c18-15-7-6-14(12-16(15)19)23-11-10-22-17(20)21-9-8-13-4-2-1-3-5-13/h1-7,12H,8-11H2,(H3,20,21,22). The summed E-state index contributed by atoms with van der Waals surface area (Å²) in [6, 6.07) is 13.4. The lowest BCUT2D eigenvalue weighted by molar-refractivity contribution is 0.319. The zero-order valence-corrected chi connectivity index (χ0v) is 12.6. The van der Waals surface area contributed by atoms with Gasteiger partial charge in [-0.3, -0.25) is 4.99 Å². The van der Waals surface area contributed by atoms with E-state index in [0.29, 0.717) is 19.0 Å². The zero-order valence-electron chi connectivity index (χ0n) is 12.6. The summed E-state index contributed by atoms with van der Waals surface area (Å²) >= 11 is 0. The van der Waals surface area contributed by atoms with Crippen molar-refractivity contribution in [2.45, 2.75) is 6.42 Å². The van der Waals surface area contributed by atoms with Crippen molar-refractivity contribution in [2.75, 3.05) is 19.7 Å². The van der Waals surface area contributed by atoms with Gasteiger partial charge in [0, 0.05) is 12.6 Å². The van der Waals surface area contributed by atoms with Crippen LogP contribution in [-0.2, 0) is 6.42 Å². The Labute approximate surface area is 134 Å². The molecule has 0 aliphatic carbocycles. The number of rotatable bonds is 7. The first-order chi connectivity index (χ1) is 11.1. The number of hydrogen-bond donors (Lipinski definition) is 2. The fourth-order valence-electron chi connectivity index (χ4n) is 1.92. The first kappa shape index (κ1) is 16.7. The van der Waals surface area contributed by atoms with Gasteiger partial charge < -0.3 is 15.8 Å². The fraction of sp³-hybridized carbons (Fsp3) is 0.235. The van der Waals surface area contributed by atoms with E-state index in [1.54, 1.807) is 0 Å². The summed E-state index contributed by atoms with van der Waals surface area (Å²) in [6.07, 6.45) is 0.814. The topological polar surface area (TPSA) is 59.6 Å². The van der Waals surface area contributed by atoms with Crippen molar-refractivity contribution in [3.63, 3.8) is 0 Å². The lowest BCUT2D eigenvalue weighted by Gasteiger charge is -2.08. The smallest absolute Gasteiger partial charge is 0.188 e. The second-order valence-corrected chi connectivity index (χ2v) is 4.85. The van der Waals surface area contributed by atoms with Gasteiger partial charge in [-0.1, -0.05) is 30.3 Å². The zero-order chi connectivity index (χ0) is 16.5. The highest BCUT2D eigenvalue weighted by atomic mass is 19.2. The molecule has 4 nitrogen and oxygen atoms in total. The monoisotopic (exact) mass is 319 g/mol. The summed E-state index contributed by atoms with van der Waals surface area (Å²) in [5.74, 6) is -1.23. The molecule has 2 aromatic rings. The van der Waals surface area contributed by atoms with Crippen LogP contribution in [0.15, 0.2) is 53.5 Å². The van der Waals surface area contributed by atoms with Crippen LogP contribution < -0.4 is 15.8 Å². The predicted octanol–water partition coefficient (Wildman–Crippen LogP) is 2.49. The van der Waals surface area contributed by atoms with Crippen molar-refractivity contribution in [3.8, 4) is 5.75 Å². The largest absolute Gasteiger partial charge is 0.492 e. The van der Waals surface area contributed by atoms with Crippen molar-refractivity contribution in [3.05, 3.63) is 65.7 Å². The molecule has 2 rings (SSSR count). The highest BCUT2D eigenvalue weighted by molar-refractivity contribution is 5.77. The van der Waals surface area contributed by atoms with E-state index in [9.17, 15) is 8.78 Å². The maximum absolute atomic E-state index is 13.0. The molecule has 23 heavy (non-hydrogen) atoms. The van der Waals surface area contributed by atoms with Gasteiger partial charge in [0.25, 0.3) is 0 Å². The van der Waals surface area contributed by atoms with Crippen molar-refractivity contribution >= 4 is 5.96 Å². The minimum absolute atomic E-state index is 0.264. The SMILES string of the molecule is NC(=NCCc1ccccc1)NCCOc1ccc(F)c(F)c1. The van der Waals surface area contributed by atoms with Gasteiger partial charge in [0.15, 0.2) is 17.6 Å². The molecule has 0 atom stereocenters. The van der Waals surface area contributed by atoms with E-state index in [-0.39, 0.29) is 12.4 Å². The second-order valence-electron chi connectivity index (χ2n) is 4.85. The molecule has 0 unspecified atom stereocenters. The third-order valence-electron chi connectivity index (χ3n) is 3.09. The van der Waals surface area contributed by atoms with Gasteiger partial charge in [0.1, 0.15) is 12.4 Å². The normalized spacial score (nSPS) is 11.3. The van der Waals surface area contributed by atoms with Gasteiger partial charge in [-0.15, -0.1) is 0 Å². The van der Waals surface area contributed by atoms with Crippen LogP contribution in [0.25, 0.3) is 0 Å². The molecule has 0 amide bonds. The second kappa shape index (κ2) is 8.73. The molecule has 0 saturated heterocycles. The molecule has 0 aromatic heterocycles. The van der Waals surface area contributed by atoms with Crippen molar-refractivity contribution in [2.24, 2.45) is 10.7 Å². The molecule has 0 fully saturated rings. The Hall–Kier alpha value is -2.63. The lowest BCUT2D eigenvalue weighted by Crippen LogP contribution is -2.35. The molecule has 0 radical (unpaired) electrons. The Bertz CT molecular complexity index is 648. The van der Waals surface area contributed by atoms with Crippen LogP contribution in [0.2, 0.25) is 0 Å². The number of halogens is 2. The number of guanidine groups is 1. The van der Waals surface area contributed by atoms with Crippen LogP contribution in [0.4, 0.5) is 8.78 Å². The van der Waals surface area contributed by atoms with Crippen LogP contribution in [0, 0.1) is 11.6 Å². The van der Waals surface area contributed by atoms with Gasteiger partial charge in [0.2, 0.25) is 0 Å². The van der Waals surface area contributed by atoms with Gasteiger partial charge in [-0.25, -0.2) is 8.78 Å². The molecule has 0 aliphatic heterocycles.